The summed E-state index contributed by atoms with van der Waals surface area (Å²) >= 11 is 0. The highest BCUT2D eigenvalue weighted by Crippen LogP contribution is 2.25. The van der Waals surface area contributed by atoms with E-state index in [-0.39, 0.29) is 17.6 Å². The second kappa shape index (κ2) is 6.79. The van der Waals surface area contributed by atoms with Crippen LogP contribution >= 0.6 is 0 Å². The highest BCUT2D eigenvalue weighted by atomic mass is 19.1. The molecule has 0 aliphatic carbocycles. The molecule has 1 aliphatic heterocycles. The predicted molar refractivity (Wildman–Crippen MR) is 99.4 cm³/mol. The maximum atomic E-state index is 13.2. The van der Waals surface area contributed by atoms with Crippen LogP contribution in [0.2, 0.25) is 0 Å². The van der Waals surface area contributed by atoms with Gasteiger partial charge in [0.1, 0.15) is 18.0 Å². The fraction of sp³-hybridized carbons (Fsp3) is 0.263. The summed E-state index contributed by atoms with van der Waals surface area (Å²) in [6.07, 6.45) is 1.50. The van der Waals surface area contributed by atoms with Gasteiger partial charge in [0.25, 0.3) is 0 Å². The number of amides is 1. The van der Waals surface area contributed by atoms with E-state index >= 15 is 0 Å². The molecule has 3 aromatic rings. The SMILES string of the molecule is Cc1cc(C)n(-c2cc(N3CC(C(=O)Nc4cccc(F)c4)C3)ncn2)n1. The second-order valence-electron chi connectivity index (χ2n) is 6.67. The number of hydrogen-bond donors (Lipinski definition) is 1. The number of benzene rings is 1. The Hall–Kier alpha value is -3.29. The van der Waals surface area contributed by atoms with Gasteiger partial charge in [0.05, 0.1) is 11.6 Å². The molecule has 1 fully saturated rings. The van der Waals surface area contributed by atoms with Gasteiger partial charge in [-0.05, 0) is 38.1 Å². The summed E-state index contributed by atoms with van der Waals surface area (Å²) < 4.78 is 15.0. The lowest BCUT2D eigenvalue weighted by molar-refractivity contribution is -0.120. The first-order valence-electron chi connectivity index (χ1n) is 8.66. The summed E-state index contributed by atoms with van der Waals surface area (Å²) in [6, 6.07) is 9.73. The van der Waals surface area contributed by atoms with Crippen LogP contribution in [0.25, 0.3) is 5.82 Å². The van der Waals surface area contributed by atoms with E-state index in [0.29, 0.717) is 24.6 Å². The summed E-state index contributed by atoms with van der Waals surface area (Å²) in [5.41, 5.74) is 2.38. The van der Waals surface area contributed by atoms with Gasteiger partial charge in [0, 0.05) is 30.5 Å². The van der Waals surface area contributed by atoms with Gasteiger partial charge in [0.15, 0.2) is 5.82 Å². The zero-order valence-electron chi connectivity index (χ0n) is 15.1. The number of hydrogen-bond acceptors (Lipinski definition) is 5. The molecule has 0 atom stereocenters. The van der Waals surface area contributed by atoms with E-state index in [4.69, 9.17) is 0 Å². The van der Waals surface area contributed by atoms with Crippen molar-refractivity contribution in [2.75, 3.05) is 23.3 Å². The Morgan fingerprint density at radius 2 is 1.93 bits per heavy atom. The van der Waals surface area contributed by atoms with Gasteiger partial charge in [-0.3, -0.25) is 4.79 Å². The lowest BCUT2D eigenvalue weighted by Gasteiger charge is -2.39. The fourth-order valence-corrected chi connectivity index (χ4v) is 3.13. The molecule has 4 rings (SSSR count). The molecule has 2 aromatic heterocycles. The molecule has 3 heterocycles. The van der Waals surface area contributed by atoms with Crippen molar-refractivity contribution in [2.24, 2.45) is 5.92 Å². The van der Waals surface area contributed by atoms with E-state index in [1.54, 1.807) is 16.8 Å². The third-order valence-corrected chi connectivity index (χ3v) is 4.53. The number of carbonyl (C=O) groups excluding carboxylic acids is 1. The predicted octanol–water partition coefficient (Wildman–Crippen LogP) is 2.49. The molecule has 1 aromatic carbocycles. The molecular weight excluding hydrogens is 347 g/mol. The summed E-state index contributed by atoms with van der Waals surface area (Å²) in [5, 5.41) is 7.19. The molecule has 1 aliphatic rings. The molecule has 27 heavy (non-hydrogen) atoms. The minimum absolute atomic E-state index is 0.121. The Bertz CT molecular complexity index is 995. The van der Waals surface area contributed by atoms with Crippen molar-refractivity contribution in [3.63, 3.8) is 0 Å². The number of carbonyl (C=O) groups is 1. The molecule has 0 radical (unpaired) electrons. The summed E-state index contributed by atoms with van der Waals surface area (Å²) in [4.78, 5) is 22.9. The van der Waals surface area contributed by atoms with E-state index < -0.39 is 0 Å². The van der Waals surface area contributed by atoms with Crippen LogP contribution < -0.4 is 10.2 Å². The normalized spacial score (nSPS) is 14.1. The van der Waals surface area contributed by atoms with Gasteiger partial charge >= 0.3 is 0 Å². The quantitative estimate of drug-likeness (QED) is 0.768. The van der Waals surface area contributed by atoms with Crippen molar-refractivity contribution in [1.29, 1.82) is 0 Å². The number of nitrogens with zero attached hydrogens (tertiary/aromatic N) is 5. The average Bonchev–Trinajstić information content (AvgIpc) is 2.92. The molecule has 8 heteroatoms. The molecule has 1 N–H and O–H groups in total. The molecule has 1 amide bonds. The number of nitrogens with one attached hydrogen (secondary N) is 1. The molecular formula is C19H19FN6O. The molecule has 1 saturated heterocycles. The van der Waals surface area contributed by atoms with E-state index in [1.807, 2.05) is 30.9 Å². The highest BCUT2D eigenvalue weighted by Gasteiger charge is 2.33. The summed E-state index contributed by atoms with van der Waals surface area (Å²) in [6.45, 7) is 5.00. The first kappa shape index (κ1) is 17.1. The average molecular weight is 366 g/mol. The maximum absolute atomic E-state index is 13.2. The first-order chi connectivity index (χ1) is 13.0. The number of aromatic nitrogens is 4. The fourth-order valence-electron chi connectivity index (χ4n) is 3.13. The number of rotatable bonds is 4. The topological polar surface area (TPSA) is 75.9 Å². The first-order valence-corrected chi connectivity index (χ1v) is 8.66. The van der Waals surface area contributed by atoms with Gasteiger partial charge in [-0.25, -0.2) is 19.0 Å². The van der Waals surface area contributed by atoms with Gasteiger partial charge in [-0.2, -0.15) is 5.10 Å². The zero-order valence-corrected chi connectivity index (χ0v) is 15.1. The maximum Gasteiger partial charge on any atom is 0.231 e. The standard InChI is InChI=1S/C19H19FN6O/c1-12-6-13(2)26(24-12)18-8-17(21-11-22-18)25-9-14(10-25)19(27)23-16-5-3-4-15(20)7-16/h3-8,11,14H,9-10H2,1-2H3,(H,23,27). The molecule has 0 spiro atoms. The third kappa shape index (κ3) is 3.51. The highest BCUT2D eigenvalue weighted by molar-refractivity contribution is 5.94. The molecule has 0 saturated carbocycles. The van der Waals surface area contributed by atoms with Crippen LogP contribution in [0.4, 0.5) is 15.9 Å². The van der Waals surface area contributed by atoms with Crippen molar-refractivity contribution >= 4 is 17.4 Å². The van der Waals surface area contributed by atoms with Gasteiger partial charge in [-0.15, -0.1) is 0 Å². The Kier molecular flexibility index (Phi) is 4.31. The number of aryl methyl sites for hydroxylation is 2. The van der Waals surface area contributed by atoms with E-state index in [0.717, 1.165) is 17.2 Å². The Morgan fingerprint density at radius 1 is 1.15 bits per heavy atom. The van der Waals surface area contributed by atoms with Crippen LogP contribution in [0.1, 0.15) is 11.4 Å². The van der Waals surface area contributed by atoms with Crippen molar-refractivity contribution < 1.29 is 9.18 Å². The monoisotopic (exact) mass is 366 g/mol. The van der Waals surface area contributed by atoms with Gasteiger partial charge in [-0.1, -0.05) is 6.07 Å². The second-order valence-corrected chi connectivity index (χ2v) is 6.67. The zero-order chi connectivity index (χ0) is 19.0. The Balaban J connectivity index is 1.41. The van der Waals surface area contributed by atoms with Crippen LogP contribution in [-0.2, 0) is 4.79 Å². The Labute approximate surface area is 155 Å². The number of anilines is 2. The number of halogens is 1. The van der Waals surface area contributed by atoms with Crippen LogP contribution in [0.5, 0.6) is 0 Å². The smallest absolute Gasteiger partial charge is 0.231 e. The van der Waals surface area contributed by atoms with Crippen molar-refractivity contribution in [3.8, 4) is 5.82 Å². The third-order valence-electron chi connectivity index (χ3n) is 4.53. The lowest BCUT2D eigenvalue weighted by Crippen LogP contribution is -2.52. The van der Waals surface area contributed by atoms with Crippen molar-refractivity contribution in [1.82, 2.24) is 19.7 Å². The van der Waals surface area contributed by atoms with E-state index in [9.17, 15) is 9.18 Å². The van der Waals surface area contributed by atoms with Crippen LogP contribution in [0, 0.1) is 25.6 Å². The molecule has 138 valence electrons. The Morgan fingerprint density at radius 3 is 2.63 bits per heavy atom. The minimum atomic E-state index is -0.374. The molecule has 7 nitrogen and oxygen atoms in total. The molecule has 0 bridgehead atoms. The van der Waals surface area contributed by atoms with Gasteiger partial charge < -0.3 is 10.2 Å². The van der Waals surface area contributed by atoms with Crippen LogP contribution in [0.3, 0.4) is 0 Å². The summed E-state index contributed by atoms with van der Waals surface area (Å²) in [7, 11) is 0. The van der Waals surface area contributed by atoms with Crippen LogP contribution in [-0.4, -0.2) is 38.7 Å². The van der Waals surface area contributed by atoms with Crippen molar-refractivity contribution in [2.45, 2.75) is 13.8 Å². The van der Waals surface area contributed by atoms with Crippen LogP contribution in [0.15, 0.2) is 42.7 Å². The lowest BCUT2D eigenvalue weighted by atomic mass is 9.99. The van der Waals surface area contributed by atoms with E-state index in [1.165, 1.54) is 18.5 Å². The largest absolute Gasteiger partial charge is 0.355 e. The van der Waals surface area contributed by atoms with Crippen molar-refractivity contribution in [3.05, 3.63) is 59.9 Å². The summed E-state index contributed by atoms with van der Waals surface area (Å²) in [5.74, 6) is 0.784. The van der Waals surface area contributed by atoms with Gasteiger partial charge in [0.2, 0.25) is 5.91 Å². The van der Waals surface area contributed by atoms with E-state index in [2.05, 4.69) is 20.4 Å². The minimum Gasteiger partial charge on any atom is -0.355 e. The molecule has 0 unspecified atom stereocenters.